The van der Waals surface area contributed by atoms with E-state index in [1.807, 2.05) is 29.2 Å². The van der Waals surface area contributed by atoms with Crippen LogP contribution in [0.3, 0.4) is 0 Å². The van der Waals surface area contributed by atoms with Gasteiger partial charge in [-0.25, -0.2) is 4.98 Å². The fourth-order valence-electron chi connectivity index (χ4n) is 2.69. The molecule has 0 fully saturated rings. The van der Waals surface area contributed by atoms with Crippen molar-refractivity contribution in [1.29, 1.82) is 0 Å². The Kier molecular flexibility index (Phi) is 4.17. The molecule has 3 nitrogen and oxygen atoms in total. The van der Waals surface area contributed by atoms with Crippen LogP contribution in [0.15, 0.2) is 54.9 Å². The van der Waals surface area contributed by atoms with E-state index < -0.39 is 17.7 Å². The van der Waals surface area contributed by atoms with Crippen LogP contribution in [0.25, 0.3) is 0 Å². The molecule has 1 aromatic carbocycles. The van der Waals surface area contributed by atoms with Crippen LogP contribution in [0.2, 0.25) is 0 Å². The molecule has 2 aromatic rings. The zero-order chi connectivity index (χ0) is 17.3. The fraction of sp³-hybridized carbons (Fsp3) is 0.235. The molecule has 0 saturated heterocycles. The summed E-state index contributed by atoms with van der Waals surface area (Å²) >= 11 is 0. The van der Waals surface area contributed by atoms with Gasteiger partial charge in [-0.1, -0.05) is 12.1 Å². The van der Waals surface area contributed by atoms with Crippen molar-refractivity contribution in [3.8, 4) is 0 Å². The lowest BCUT2D eigenvalue weighted by atomic mass is 10.0. The van der Waals surface area contributed by atoms with Crippen LogP contribution in [0.1, 0.15) is 24.1 Å². The maximum atomic E-state index is 13.1. The predicted octanol–water partition coefficient (Wildman–Crippen LogP) is 4.55. The van der Waals surface area contributed by atoms with Crippen LogP contribution in [0.4, 0.5) is 23.2 Å². The zero-order valence-electron chi connectivity index (χ0n) is 12.8. The first-order valence-corrected chi connectivity index (χ1v) is 7.43. The number of hydrazine groups is 1. The van der Waals surface area contributed by atoms with E-state index >= 15 is 0 Å². The summed E-state index contributed by atoms with van der Waals surface area (Å²) < 4.78 is 51.2. The number of hydrogen-bond donors (Lipinski definition) is 0. The normalized spacial score (nSPS) is 17.6. The number of benzene rings is 1. The van der Waals surface area contributed by atoms with E-state index in [9.17, 15) is 17.6 Å². The first-order chi connectivity index (χ1) is 11.4. The number of hydrogen-bond acceptors (Lipinski definition) is 3. The van der Waals surface area contributed by atoms with Gasteiger partial charge in [-0.3, -0.25) is 10.0 Å². The quantitative estimate of drug-likeness (QED) is 0.605. The molecule has 1 aliphatic heterocycles. The molecule has 0 amide bonds. The summed E-state index contributed by atoms with van der Waals surface area (Å²) in [5, 5.41) is 3.77. The van der Waals surface area contributed by atoms with Crippen molar-refractivity contribution < 1.29 is 17.6 Å². The lowest BCUT2D eigenvalue weighted by molar-refractivity contribution is -0.137. The number of aromatic nitrogens is 1. The summed E-state index contributed by atoms with van der Waals surface area (Å²) in [6.07, 6.45) is 0.781. The third-order valence-corrected chi connectivity index (χ3v) is 3.86. The molecule has 7 heteroatoms. The second kappa shape index (κ2) is 6.14. The highest BCUT2D eigenvalue weighted by molar-refractivity contribution is 5.50. The fourth-order valence-corrected chi connectivity index (χ4v) is 2.69. The van der Waals surface area contributed by atoms with Crippen LogP contribution < -0.4 is 5.01 Å². The van der Waals surface area contributed by atoms with Gasteiger partial charge < -0.3 is 0 Å². The lowest BCUT2D eigenvalue weighted by Gasteiger charge is -2.35. The van der Waals surface area contributed by atoms with Crippen molar-refractivity contribution >= 4 is 5.69 Å². The van der Waals surface area contributed by atoms with E-state index in [0.29, 0.717) is 17.8 Å². The Morgan fingerprint density at radius 2 is 1.79 bits per heavy atom. The first kappa shape index (κ1) is 16.3. The number of pyridine rings is 1. The minimum absolute atomic E-state index is 0.278. The molecule has 24 heavy (non-hydrogen) atoms. The summed E-state index contributed by atoms with van der Waals surface area (Å²) in [5.41, 5.74) is 0.684. The highest BCUT2D eigenvalue weighted by atomic mass is 19.4. The van der Waals surface area contributed by atoms with Crippen LogP contribution in [-0.4, -0.2) is 16.5 Å². The molecule has 0 N–H and O–H groups in total. The summed E-state index contributed by atoms with van der Waals surface area (Å²) in [5.74, 6) is -0.583. The largest absolute Gasteiger partial charge is 0.416 e. The number of anilines is 1. The van der Waals surface area contributed by atoms with Gasteiger partial charge in [-0.05, 0) is 42.8 Å². The van der Waals surface area contributed by atoms with Gasteiger partial charge in [0, 0.05) is 12.7 Å². The van der Waals surface area contributed by atoms with Gasteiger partial charge in [0.1, 0.15) is 0 Å². The molecule has 0 aliphatic carbocycles. The smallest absolute Gasteiger partial charge is 0.292 e. The van der Waals surface area contributed by atoms with Gasteiger partial charge in [0.05, 0.1) is 23.5 Å². The van der Waals surface area contributed by atoms with E-state index in [1.54, 1.807) is 6.07 Å². The molecule has 1 atom stereocenters. The van der Waals surface area contributed by atoms with Crippen LogP contribution in [0, 0.1) is 5.95 Å². The van der Waals surface area contributed by atoms with Gasteiger partial charge in [0.2, 0.25) is 5.95 Å². The van der Waals surface area contributed by atoms with E-state index in [-0.39, 0.29) is 6.04 Å². The summed E-state index contributed by atoms with van der Waals surface area (Å²) in [6.45, 7) is 2.61. The Hall–Kier alpha value is -2.57. The average molecular weight is 337 g/mol. The topological polar surface area (TPSA) is 19.4 Å². The van der Waals surface area contributed by atoms with Crippen molar-refractivity contribution in [2.24, 2.45) is 0 Å². The van der Waals surface area contributed by atoms with Gasteiger partial charge >= 0.3 is 6.18 Å². The highest BCUT2D eigenvalue weighted by Crippen LogP contribution is 2.36. The Balaban J connectivity index is 1.93. The summed E-state index contributed by atoms with van der Waals surface area (Å²) in [7, 11) is 0. The molecule has 3 rings (SSSR count). The van der Waals surface area contributed by atoms with Crippen LogP contribution >= 0.6 is 0 Å². The predicted molar refractivity (Wildman–Crippen MR) is 82.4 cm³/mol. The molecule has 0 radical (unpaired) electrons. The standard InChI is InChI=1S/C17H15F4N3/c1-2-23-10-9-15(24(23)14-7-8-16(18)22-11-14)12-3-5-13(6-4-12)17(19,20)21/h3-11,15H,2H2,1H3. The summed E-state index contributed by atoms with van der Waals surface area (Å²) in [4.78, 5) is 3.66. The lowest BCUT2D eigenvalue weighted by Crippen LogP contribution is -2.37. The van der Waals surface area contributed by atoms with Crippen LogP contribution in [0.5, 0.6) is 0 Å². The third kappa shape index (κ3) is 3.06. The van der Waals surface area contributed by atoms with Gasteiger partial charge in [-0.15, -0.1) is 0 Å². The molecule has 1 aromatic heterocycles. The molecule has 0 spiro atoms. The number of halogens is 4. The second-order valence-electron chi connectivity index (χ2n) is 5.35. The van der Waals surface area contributed by atoms with Crippen molar-refractivity contribution in [1.82, 2.24) is 9.99 Å². The first-order valence-electron chi connectivity index (χ1n) is 7.43. The van der Waals surface area contributed by atoms with Crippen molar-refractivity contribution in [3.63, 3.8) is 0 Å². The van der Waals surface area contributed by atoms with Gasteiger partial charge in [0.15, 0.2) is 0 Å². The van der Waals surface area contributed by atoms with E-state index in [2.05, 4.69) is 4.98 Å². The molecule has 2 heterocycles. The Bertz CT molecular complexity index is 723. The highest BCUT2D eigenvalue weighted by Gasteiger charge is 2.32. The van der Waals surface area contributed by atoms with Crippen molar-refractivity contribution in [2.75, 3.05) is 11.6 Å². The molecule has 1 unspecified atom stereocenters. The maximum Gasteiger partial charge on any atom is 0.416 e. The molecular formula is C17H15F4N3. The number of rotatable bonds is 3. The van der Waals surface area contributed by atoms with Gasteiger partial charge in [-0.2, -0.15) is 17.6 Å². The number of alkyl halides is 3. The minimum atomic E-state index is -4.36. The zero-order valence-corrected chi connectivity index (χ0v) is 12.8. The maximum absolute atomic E-state index is 13.1. The number of nitrogens with zero attached hydrogens (tertiary/aromatic N) is 3. The Morgan fingerprint density at radius 3 is 2.33 bits per heavy atom. The van der Waals surface area contributed by atoms with Crippen molar-refractivity contribution in [2.45, 2.75) is 19.1 Å². The average Bonchev–Trinajstić information content (AvgIpc) is 2.99. The van der Waals surface area contributed by atoms with Gasteiger partial charge in [0.25, 0.3) is 0 Å². The molecule has 1 aliphatic rings. The monoisotopic (exact) mass is 337 g/mol. The van der Waals surface area contributed by atoms with Crippen LogP contribution in [-0.2, 0) is 6.18 Å². The minimum Gasteiger partial charge on any atom is -0.292 e. The Morgan fingerprint density at radius 1 is 1.08 bits per heavy atom. The molecular weight excluding hydrogens is 322 g/mol. The SMILES string of the molecule is CCN1C=CC(c2ccc(C(F)(F)F)cc2)N1c1ccc(F)nc1. The Labute approximate surface area is 136 Å². The van der Waals surface area contributed by atoms with E-state index in [1.165, 1.54) is 24.4 Å². The molecule has 0 bridgehead atoms. The van der Waals surface area contributed by atoms with Crippen molar-refractivity contribution in [3.05, 3.63) is 71.9 Å². The molecule has 0 saturated carbocycles. The molecule has 126 valence electrons. The second-order valence-corrected chi connectivity index (χ2v) is 5.35. The van der Waals surface area contributed by atoms with E-state index in [0.717, 1.165) is 12.1 Å². The third-order valence-electron chi connectivity index (χ3n) is 3.86. The van der Waals surface area contributed by atoms with E-state index in [4.69, 9.17) is 0 Å². The summed E-state index contributed by atoms with van der Waals surface area (Å²) in [6, 6.07) is 7.62.